The Bertz CT molecular complexity index is 1080. The number of halogens is 2. The summed E-state index contributed by atoms with van der Waals surface area (Å²) in [5, 5.41) is 13.0. The maximum absolute atomic E-state index is 13.7. The lowest BCUT2D eigenvalue weighted by Crippen LogP contribution is -2.36. The zero-order valence-electron chi connectivity index (χ0n) is 16.2. The van der Waals surface area contributed by atoms with Crippen LogP contribution < -0.4 is 10.2 Å². The van der Waals surface area contributed by atoms with Crippen molar-refractivity contribution >= 4 is 40.1 Å². The first kappa shape index (κ1) is 20.3. The third-order valence-electron chi connectivity index (χ3n) is 4.96. The topological polar surface area (TPSA) is 87.6 Å². The minimum absolute atomic E-state index is 0.108. The summed E-state index contributed by atoms with van der Waals surface area (Å²) in [5.74, 6) is -0.815. The van der Waals surface area contributed by atoms with Gasteiger partial charge < -0.3 is 20.1 Å². The van der Waals surface area contributed by atoms with E-state index in [1.165, 1.54) is 18.2 Å². The van der Waals surface area contributed by atoms with Crippen molar-refractivity contribution in [2.24, 2.45) is 0 Å². The summed E-state index contributed by atoms with van der Waals surface area (Å²) in [6.45, 7) is 4.49. The summed E-state index contributed by atoms with van der Waals surface area (Å²) in [7, 11) is 0. The van der Waals surface area contributed by atoms with Crippen molar-refractivity contribution in [1.82, 2.24) is 9.97 Å². The molecule has 0 spiro atoms. The highest BCUT2D eigenvalue weighted by molar-refractivity contribution is 6.30. The number of aromatic carboxylic acids is 1. The summed E-state index contributed by atoms with van der Waals surface area (Å²) in [6, 6.07) is 6.85. The lowest BCUT2D eigenvalue weighted by molar-refractivity contribution is 0.0697. The molecule has 1 atom stereocenters. The summed E-state index contributed by atoms with van der Waals surface area (Å²) in [5.41, 5.74) is 2.31. The van der Waals surface area contributed by atoms with Crippen molar-refractivity contribution in [1.29, 1.82) is 0 Å². The smallest absolute Gasteiger partial charge is 0.335 e. The predicted molar refractivity (Wildman–Crippen MR) is 113 cm³/mol. The van der Waals surface area contributed by atoms with Crippen molar-refractivity contribution in [2.75, 3.05) is 36.5 Å². The molecule has 1 aromatic heterocycles. The van der Waals surface area contributed by atoms with Gasteiger partial charge in [0.25, 0.3) is 0 Å². The molecule has 1 aliphatic rings. The zero-order chi connectivity index (χ0) is 21.3. The Hall–Kier alpha value is -2.97. The molecule has 1 fully saturated rings. The number of carboxylic acids is 1. The Morgan fingerprint density at radius 3 is 2.73 bits per heavy atom. The van der Waals surface area contributed by atoms with E-state index in [0.29, 0.717) is 54.4 Å². The molecule has 0 saturated carbocycles. The molecule has 0 radical (unpaired) electrons. The SMILES string of the molecule is CC(Nc1cc(F)cc(Cl)c1)c1cc(C(=O)O)cc2ncc(N3CCOCC3)nc12. The molecule has 0 bridgehead atoms. The molecule has 2 aromatic carbocycles. The lowest BCUT2D eigenvalue weighted by Gasteiger charge is -2.28. The molecule has 1 aliphatic heterocycles. The van der Waals surface area contributed by atoms with Crippen LogP contribution in [-0.2, 0) is 4.74 Å². The summed E-state index contributed by atoms with van der Waals surface area (Å²) in [4.78, 5) is 22.9. The van der Waals surface area contributed by atoms with E-state index in [4.69, 9.17) is 21.3 Å². The highest BCUT2D eigenvalue weighted by Gasteiger charge is 2.19. The first-order valence-electron chi connectivity index (χ1n) is 9.50. The van der Waals surface area contributed by atoms with E-state index in [2.05, 4.69) is 15.2 Å². The van der Waals surface area contributed by atoms with E-state index in [-0.39, 0.29) is 16.6 Å². The molecule has 4 rings (SSSR count). The number of hydrogen-bond acceptors (Lipinski definition) is 6. The number of nitrogens with one attached hydrogen (secondary N) is 1. The normalized spacial score (nSPS) is 15.2. The van der Waals surface area contributed by atoms with Crippen molar-refractivity contribution in [3.8, 4) is 0 Å². The fourth-order valence-electron chi connectivity index (χ4n) is 3.50. The van der Waals surface area contributed by atoms with E-state index in [1.807, 2.05) is 6.92 Å². The second-order valence-electron chi connectivity index (χ2n) is 7.09. The molecular weight excluding hydrogens is 411 g/mol. The number of carboxylic acid groups (broad SMARTS) is 1. The van der Waals surface area contributed by atoms with Gasteiger partial charge in [-0.2, -0.15) is 0 Å². The number of nitrogens with zero attached hydrogens (tertiary/aromatic N) is 3. The Morgan fingerprint density at radius 2 is 2.03 bits per heavy atom. The number of benzene rings is 2. The zero-order valence-corrected chi connectivity index (χ0v) is 17.0. The van der Waals surface area contributed by atoms with Crippen molar-refractivity contribution in [3.05, 3.63) is 58.5 Å². The average molecular weight is 431 g/mol. The number of ether oxygens (including phenoxy) is 1. The van der Waals surface area contributed by atoms with Crippen LogP contribution in [0.4, 0.5) is 15.9 Å². The molecule has 1 saturated heterocycles. The second kappa shape index (κ2) is 8.41. The third kappa shape index (κ3) is 4.29. The second-order valence-corrected chi connectivity index (χ2v) is 7.53. The summed E-state index contributed by atoms with van der Waals surface area (Å²) >= 11 is 5.95. The molecule has 7 nitrogen and oxygen atoms in total. The van der Waals surface area contributed by atoms with E-state index in [1.54, 1.807) is 18.3 Å². The largest absolute Gasteiger partial charge is 0.478 e. The molecule has 3 aromatic rings. The van der Waals surface area contributed by atoms with Crippen LogP contribution in [0, 0.1) is 5.82 Å². The maximum Gasteiger partial charge on any atom is 0.335 e. The standard InChI is InChI=1S/C21H20ClFN4O3/c1-12(25-16-9-14(22)8-15(23)10-16)17-6-13(21(28)29)7-18-20(17)26-19(11-24-18)27-2-4-30-5-3-27/h6-12,25H,2-5H2,1H3,(H,28,29). The van der Waals surface area contributed by atoms with E-state index >= 15 is 0 Å². The van der Waals surface area contributed by atoms with Crippen molar-refractivity contribution < 1.29 is 19.0 Å². The maximum atomic E-state index is 13.7. The lowest BCUT2D eigenvalue weighted by atomic mass is 10.0. The fourth-order valence-corrected chi connectivity index (χ4v) is 3.72. The van der Waals surface area contributed by atoms with Gasteiger partial charge in [-0.1, -0.05) is 11.6 Å². The first-order chi connectivity index (χ1) is 14.4. The van der Waals surface area contributed by atoms with Crippen LogP contribution in [0.3, 0.4) is 0 Å². The fraction of sp³-hybridized carbons (Fsp3) is 0.286. The average Bonchev–Trinajstić information content (AvgIpc) is 2.72. The number of carbonyl (C=O) groups is 1. The molecule has 2 N–H and O–H groups in total. The van der Waals surface area contributed by atoms with Gasteiger partial charge in [0.15, 0.2) is 0 Å². The molecule has 0 amide bonds. The minimum Gasteiger partial charge on any atom is -0.478 e. The van der Waals surface area contributed by atoms with Crippen LogP contribution >= 0.6 is 11.6 Å². The van der Waals surface area contributed by atoms with Gasteiger partial charge in [-0.05, 0) is 37.3 Å². The van der Waals surface area contributed by atoms with Crippen LogP contribution in [0.2, 0.25) is 5.02 Å². The van der Waals surface area contributed by atoms with Crippen LogP contribution in [0.5, 0.6) is 0 Å². The van der Waals surface area contributed by atoms with Gasteiger partial charge in [0.05, 0.1) is 42.0 Å². The van der Waals surface area contributed by atoms with Crippen LogP contribution in [0.1, 0.15) is 28.9 Å². The van der Waals surface area contributed by atoms with E-state index in [9.17, 15) is 14.3 Å². The van der Waals surface area contributed by atoms with Gasteiger partial charge in [-0.25, -0.2) is 14.2 Å². The van der Waals surface area contributed by atoms with Gasteiger partial charge >= 0.3 is 5.97 Å². The number of fused-ring (bicyclic) bond motifs is 1. The molecule has 0 aliphatic carbocycles. The Labute approximate surface area is 177 Å². The Balaban J connectivity index is 1.77. The monoisotopic (exact) mass is 430 g/mol. The van der Waals surface area contributed by atoms with Gasteiger partial charge in [-0.15, -0.1) is 0 Å². The molecule has 2 heterocycles. The summed E-state index contributed by atoms with van der Waals surface area (Å²) < 4.78 is 19.1. The Morgan fingerprint density at radius 1 is 1.27 bits per heavy atom. The third-order valence-corrected chi connectivity index (χ3v) is 5.18. The van der Waals surface area contributed by atoms with Crippen molar-refractivity contribution in [3.63, 3.8) is 0 Å². The highest BCUT2D eigenvalue weighted by Crippen LogP contribution is 2.29. The molecule has 30 heavy (non-hydrogen) atoms. The number of anilines is 2. The minimum atomic E-state index is -1.06. The molecule has 1 unspecified atom stereocenters. The number of rotatable bonds is 5. The molecule has 156 valence electrons. The van der Waals surface area contributed by atoms with E-state index in [0.717, 1.165) is 0 Å². The van der Waals surface area contributed by atoms with Crippen LogP contribution in [0.15, 0.2) is 36.5 Å². The van der Waals surface area contributed by atoms with E-state index < -0.39 is 11.8 Å². The summed E-state index contributed by atoms with van der Waals surface area (Å²) in [6.07, 6.45) is 1.65. The van der Waals surface area contributed by atoms with Gasteiger partial charge in [0, 0.05) is 29.4 Å². The van der Waals surface area contributed by atoms with Crippen LogP contribution in [0.25, 0.3) is 11.0 Å². The highest BCUT2D eigenvalue weighted by atomic mass is 35.5. The van der Waals surface area contributed by atoms with Gasteiger partial charge in [-0.3, -0.25) is 4.98 Å². The Kier molecular flexibility index (Phi) is 5.69. The quantitative estimate of drug-likeness (QED) is 0.629. The van der Waals surface area contributed by atoms with Gasteiger partial charge in [0.1, 0.15) is 11.6 Å². The molecular formula is C21H20ClFN4O3. The number of hydrogen-bond donors (Lipinski definition) is 2. The number of aromatic nitrogens is 2. The first-order valence-corrected chi connectivity index (χ1v) is 9.88. The van der Waals surface area contributed by atoms with Crippen molar-refractivity contribution in [2.45, 2.75) is 13.0 Å². The van der Waals surface area contributed by atoms with Gasteiger partial charge in [0.2, 0.25) is 0 Å². The van der Waals surface area contributed by atoms with Crippen LogP contribution in [-0.4, -0.2) is 47.3 Å². The molecule has 9 heteroatoms. The predicted octanol–water partition coefficient (Wildman–Crippen LogP) is 4.13. The number of morpholine rings is 1.